The Balaban J connectivity index is 2.27. The van der Waals surface area contributed by atoms with E-state index in [1.807, 2.05) is 0 Å². The fraction of sp³-hybridized carbons (Fsp3) is 1.00. The van der Waals surface area contributed by atoms with Gasteiger partial charge in [0.05, 0.1) is 13.2 Å². The predicted molar refractivity (Wildman–Crippen MR) is 47.5 cm³/mol. The van der Waals surface area contributed by atoms with Gasteiger partial charge in [0.2, 0.25) is 0 Å². The first-order valence-electron chi connectivity index (χ1n) is 4.81. The molecule has 1 rings (SSSR count). The second-order valence-electron chi connectivity index (χ2n) is 3.31. The molecule has 3 atom stereocenters. The van der Waals surface area contributed by atoms with E-state index in [9.17, 15) is 5.11 Å². The summed E-state index contributed by atoms with van der Waals surface area (Å²) in [5.74, 6) is 0. The predicted octanol–water partition coefficient (Wildman–Crippen LogP) is -0.0763. The lowest BCUT2D eigenvalue weighted by molar-refractivity contribution is -0.0535. The van der Waals surface area contributed by atoms with Gasteiger partial charge in [0.15, 0.2) is 0 Å². The number of unbranched alkanes of at least 4 members (excludes halogenated alkanes) is 1. The van der Waals surface area contributed by atoms with Gasteiger partial charge in [0, 0.05) is 6.61 Å². The average Bonchev–Trinajstić information content (AvgIpc) is 2.48. The number of aliphatic hydroxyl groups is 2. The second kappa shape index (κ2) is 5.54. The van der Waals surface area contributed by atoms with Gasteiger partial charge in [0.25, 0.3) is 0 Å². The van der Waals surface area contributed by atoms with E-state index in [2.05, 4.69) is 6.92 Å². The minimum atomic E-state index is -0.589. The topological polar surface area (TPSA) is 58.9 Å². The summed E-state index contributed by atoms with van der Waals surface area (Å²) in [5.41, 5.74) is 0. The fourth-order valence-corrected chi connectivity index (χ4v) is 1.40. The van der Waals surface area contributed by atoms with E-state index in [4.69, 9.17) is 14.6 Å². The second-order valence-corrected chi connectivity index (χ2v) is 3.31. The van der Waals surface area contributed by atoms with Crippen LogP contribution in [0.4, 0.5) is 0 Å². The van der Waals surface area contributed by atoms with Crippen LogP contribution < -0.4 is 0 Å². The van der Waals surface area contributed by atoms with E-state index < -0.39 is 6.10 Å². The summed E-state index contributed by atoms with van der Waals surface area (Å²) in [4.78, 5) is 0. The summed E-state index contributed by atoms with van der Waals surface area (Å²) < 4.78 is 10.6. The summed E-state index contributed by atoms with van der Waals surface area (Å²) in [6, 6.07) is 0. The number of aliphatic hydroxyl groups excluding tert-OH is 2. The molecule has 78 valence electrons. The Morgan fingerprint density at radius 3 is 2.92 bits per heavy atom. The molecule has 0 amide bonds. The van der Waals surface area contributed by atoms with Crippen LogP contribution in [0.1, 0.15) is 19.8 Å². The van der Waals surface area contributed by atoms with E-state index in [1.54, 1.807) is 0 Å². The molecule has 1 heterocycles. The molecule has 0 aromatic rings. The summed E-state index contributed by atoms with van der Waals surface area (Å²) in [5, 5.41) is 18.3. The lowest BCUT2D eigenvalue weighted by atomic mass is 10.1. The number of rotatable bonds is 5. The first kappa shape index (κ1) is 10.9. The molecule has 1 saturated heterocycles. The third-order valence-corrected chi connectivity index (χ3v) is 2.21. The Bertz CT molecular complexity index is 140. The molecule has 1 fully saturated rings. The summed E-state index contributed by atoms with van der Waals surface area (Å²) >= 11 is 0. The van der Waals surface area contributed by atoms with Crippen molar-refractivity contribution >= 4 is 0 Å². The third kappa shape index (κ3) is 2.91. The molecule has 0 aliphatic carbocycles. The van der Waals surface area contributed by atoms with Crippen molar-refractivity contribution in [2.24, 2.45) is 0 Å². The number of hydrogen-bond donors (Lipinski definition) is 2. The summed E-state index contributed by atoms with van der Waals surface area (Å²) in [6.45, 7) is 2.88. The molecule has 0 aromatic carbocycles. The van der Waals surface area contributed by atoms with Crippen molar-refractivity contribution in [2.45, 2.75) is 38.1 Å². The molecule has 0 radical (unpaired) electrons. The maximum atomic E-state index is 9.43. The van der Waals surface area contributed by atoms with Gasteiger partial charge in [0.1, 0.15) is 18.3 Å². The van der Waals surface area contributed by atoms with Gasteiger partial charge in [-0.25, -0.2) is 0 Å². The van der Waals surface area contributed by atoms with Crippen LogP contribution >= 0.6 is 0 Å². The van der Waals surface area contributed by atoms with Crippen LogP contribution in [-0.4, -0.2) is 48.3 Å². The highest BCUT2D eigenvalue weighted by atomic mass is 16.6. The lowest BCUT2D eigenvalue weighted by Crippen LogP contribution is -2.35. The molecule has 4 heteroatoms. The van der Waals surface area contributed by atoms with E-state index in [1.165, 1.54) is 0 Å². The zero-order chi connectivity index (χ0) is 9.68. The van der Waals surface area contributed by atoms with Crippen molar-refractivity contribution in [1.82, 2.24) is 0 Å². The minimum absolute atomic E-state index is 0.0894. The molecule has 4 nitrogen and oxygen atoms in total. The molecule has 2 N–H and O–H groups in total. The first-order chi connectivity index (χ1) is 6.29. The highest BCUT2D eigenvalue weighted by Crippen LogP contribution is 2.17. The summed E-state index contributed by atoms with van der Waals surface area (Å²) in [6.07, 6.45) is 0.742. The average molecular weight is 190 g/mol. The highest BCUT2D eigenvalue weighted by Gasteiger charge is 2.36. The molecule has 13 heavy (non-hydrogen) atoms. The van der Waals surface area contributed by atoms with Gasteiger partial charge in [-0.1, -0.05) is 13.3 Å². The van der Waals surface area contributed by atoms with Gasteiger partial charge in [-0.15, -0.1) is 0 Å². The standard InChI is InChI=1S/C9H18O4/c1-2-3-4-12-9-7(11)6-13-8(9)5-10/h7-11H,2-6H2,1H3/t7-,8+,9+/m0/s1. The maximum Gasteiger partial charge on any atom is 0.114 e. The Morgan fingerprint density at radius 1 is 1.54 bits per heavy atom. The highest BCUT2D eigenvalue weighted by molar-refractivity contribution is 4.84. The molecule has 0 bridgehead atoms. The zero-order valence-electron chi connectivity index (χ0n) is 7.98. The number of ether oxygens (including phenoxy) is 2. The molecule has 1 aliphatic heterocycles. The van der Waals surface area contributed by atoms with E-state index in [-0.39, 0.29) is 25.4 Å². The van der Waals surface area contributed by atoms with Gasteiger partial charge in [-0.05, 0) is 6.42 Å². The van der Waals surface area contributed by atoms with E-state index >= 15 is 0 Å². The van der Waals surface area contributed by atoms with Crippen molar-refractivity contribution < 1.29 is 19.7 Å². The van der Waals surface area contributed by atoms with Crippen LogP contribution in [0.25, 0.3) is 0 Å². The van der Waals surface area contributed by atoms with Crippen molar-refractivity contribution in [3.63, 3.8) is 0 Å². The molecule has 1 aliphatic rings. The molecule has 0 unspecified atom stereocenters. The Hall–Kier alpha value is -0.160. The van der Waals surface area contributed by atoms with Crippen molar-refractivity contribution in [3.05, 3.63) is 0 Å². The van der Waals surface area contributed by atoms with Crippen LogP contribution in [0.5, 0.6) is 0 Å². The monoisotopic (exact) mass is 190 g/mol. The third-order valence-electron chi connectivity index (χ3n) is 2.21. The molecule has 0 spiro atoms. The zero-order valence-corrected chi connectivity index (χ0v) is 7.98. The summed E-state index contributed by atoms with van der Waals surface area (Å²) in [7, 11) is 0. The van der Waals surface area contributed by atoms with Crippen molar-refractivity contribution in [2.75, 3.05) is 19.8 Å². The Morgan fingerprint density at radius 2 is 2.31 bits per heavy atom. The van der Waals surface area contributed by atoms with E-state index in [0.29, 0.717) is 6.61 Å². The first-order valence-corrected chi connectivity index (χ1v) is 4.81. The van der Waals surface area contributed by atoms with E-state index in [0.717, 1.165) is 12.8 Å². The van der Waals surface area contributed by atoms with Crippen molar-refractivity contribution in [1.29, 1.82) is 0 Å². The van der Waals surface area contributed by atoms with Crippen LogP contribution in [0.15, 0.2) is 0 Å². The lowest BCUT2D eigenvalue weighted by Gasteiger charge is -2.18. The molecular weight excluding hydrogens is 172 g/mol. The Labute approximate surface area is 78.5 Å². The molecule has 0 saturated carbocycles. The van der Waals surface area contributed by atoms with Crippen LogP contribution in [0.2, 0.25) is 0 Å². The maximum absolute atomic E-state index is 9.43. The fourth-order valence-electron chi connectivity index (χ4n) is 1.40. The minimum Gasteiger partial charge on any atom is -0.394 e. The van der Waals surface area contributed by atoms with Gasteiger partial charge >= 0.3 is 0 Å². The number of hydrogen-bond acceptors (Lipinski definition) is 4. The largest absolute Gasteiger partial charge is 0.394 e. The smallest absolute Gasteiger partial charge is 0.114 e. The molecular formula is C9H18O4. The van der Waals surface area contributed by atoms with Crippen LogP contribution in [-0.2, 0) is 9.47 Å². The SMILES string of the molecule is CCCCO[C@@H]1[C@@H](O)CO[C@@H]1CO. The normalized spacial score (nSPS) is 33.9. The van der Waals surface area contributed by atoms with Crippen molar-refractivity contribution in [3.8, 4) is 0 Å². The van der Waals surface area contributed by atoms with Crippen LogP contribution in [0.3, 0.4) is 0 Å². The molecule has 0 aromatic heterocycles. The van der Waals surface area contributed by atoms with Crippen LogP contribution in [0, 0.1) is 0 Å². The van der Waals surface area contributed by atoms with Gasteiger partial charge in [-0.2, -0.15) is 0 Å². The quantitative estimate of drug-likeness (QED) is 0.595. The van der Waals surface area contributed by atoms with Gasteiger partial charge in [-0.3, -0.25) is 0 Å². The Kier molecular flexibility index (Phi) is 4.66. The van der Waals surface area contributed by atoms with Gasteiger partial charge < -0.3 is 19.7 Å².